The number of halogens is 1. The normalized spacial score (nSPS) is 12.6. The summed E-state index contributed by atoms with van der Waals surface area (Å²) in [7, 11) is -2.48. The first-order valence-electron chi connectivity index (χ1n) is 5.29. The maximum atomic E-state index is 12.0. The van der Waals surface area contributed by atoms with Crippen molar-refractivity contribution in [2.45, 2.75) is 24.3 Å². The van der Waals surface area contributed by atoms with Crippen molar-refractivity contribution < 1.29 is 17.9 Å². The molecule has 0 saturated heterocycles. The zero-order chi connectivity index (χ0) is 13.8. The molecule has 0 aliphatic heterocycles. The summed E-state index contributed by atoms with van der Waals surface area (Å²) in [5, 5.41) is 1.53. The van der Waals surface area contributed by atoms with Gasteiger partial charge >= 0.3 is 5.97 Å². The molecule has 0 saturated carbocycles. The van der Waals surface area contributed by atoms with Crippen LogP contribution in [-0.2, 0) is 14.8 Å². The van der Waals surface area contributed by atoms with Crippen molar-refractivity contribution in [3.63, 3.8) is 0 Å². The number of carbonyl (C=O) groups is 1. The number of thiophene rings is 1. The molecular weight excluding hydrogens is 312 g/mol. The van der Waals surface area contributed by atoms with Crippen LogP contribution in [0.5, 0.6) is 0 Å². The Kier molecular flexibility index (Phi) is 7.53. The van der Waals surface area contributed by atoms with Crippen molar-refractivity contribution >= 4 is 39.7 Å². The lowest BCUT2D eigenvalue weighted by Crippen LogP contribution is -2.29. The average molecular weight is 329 g/mol. The molecule has 19 heavy (non-hydrogen) atoms. The van der Waals surface area contributed by atoms with Crippen LogP contribution in [0, 0.1) is 0 Å². The molecule has 1 rings (SSSR count). The lowest BCUT2D eigenvalue weighted by Gasteiger charge is -2.08. The van der Waals surface area contributed by atoms with Crippen molar-refractivity contribution in [3.05, 3.63) is 16.3 Å². The summed E-state index contributed by atoms with van der Waals surface area (Å²) in [5.41, 5.74) is 5.53. The van der Waals surface area contributed by atoms with Gasteiger partial charge in [0.2, 0.25) is 10.0 Å². The van der Waals surface area contributed by atoms with Gasteiger partial charge in [-0.2, -0.15) is 0 Å². The molecule has 0 fully saturated rings. The Labute approximate surface area is 122 Å². The first kappa shape index (κ1) is 18.3. The molecule has 1 unspecified atom stereocenters. The number of hydrogen-bond acceptors (Lipinski definition) is 6. The Bertz CT molecular complexity index is 513. The molecule has 0 aliphatic rings. The van der Waals surface area contributed by atoms with Gasteiger partial charge in [0.15, 0.2) is 0 Å². The molecule has 0 amide bonds. The van der Waals surface area contributed by atoms with Gasteiger partial charge in [0, 0.05) is 12.6 Å². The van der Waals surface area contributed by atoms with E-state index in [4.69, 9.17) is 5.73 Å². The quantitative estimate of drug-likeness (QED) is 0.758. The first-order chi connectivity index (χ1) is 8.38. The van der Waals surface area contributed by atoms with Crippen molar-refractivity contribution in [2.24, 2.45) is 5.73 Å². The molecule has 0 aromatic carbocycles. The van der Waals surface area contributed by atoms with Crippen molar-refractivity contribution in [3.8, 4) is 0 Å². The van der Waals surface area contributed by atoms with Gasteiger partial charge in [0.25, 0.3) is 0 Å². The van der Waals surface area contributed by atoms with E-state index in [1.54, 1.807) is 6.92 Å². The first-order valence-corrected chi connectivity index (χ1v) is 7.66. The van der Waals surface area contributed by atoms with Crippen molar-refractivity contribution in [2.75, 3.05) is 13.7 Å². The predicted molar refractivity (Wildman–Crippen MR) is 76.4 cm³/mol. The van der Waals surface area contributed by atoms with Crippen LogP contribution in [0.25, 0.3) is 0 Å². The Morgan fingerprint density at radius 2 is 2.21 bits per heavy atom. The molecule has 1 heterocycles. The van der Waals surface area contributed by atoms with Gasteiger partial charge in [-0.05, 0) is 24.8 Å². The molecule has 110 valence electrons. The van der Waals surface area contributed by atoms with Crippen LogP contribution in [-0.4, -0.2) is 34.1 Å². The van der Waals surface area contributed by atoms with E-state index in [-0.39, 0.29) is 34.8 Å². The molecule has 0 aliphatic carbocycles. The minimum absolute atomic E-state index is 0. The zero-order valence-electron chi connectivity index (χ0n) is 10.6. The van der Waals surface area contributed by atoms with E-state index in [0.29, 0.717) is 6.42 Å². The van der Waals surface area contributed by atoms with E-state index < -0.39 is 16.0 Å². The second-order valence-corrected chi connectivity index (χ2v) is 6.42. The van der Waals surface area contributed by atoms with E-state index in [1.165, 1.54) is 18.6 Å². The molecular formula is C10H17ClN2O4S2. The molecule has 1 aromatic rings. The molecule has 1 aromatic heterocycles. The third-order valence-corrected chi connectivity index (χ3v) is 4.71. The van der Waals surface area contributed by atoms with E-state index >= 15 is 0 Å². The average Bonchev–Trinajstić information content (AvgIpc) is 2.76. The second-order valence-electron chi connectivity index (χ2n) is 3.77. The molecule has 0 bridgehead atoms. The van der Waals surface area contributed by atoms with Crippen LogP contribution in [0.3, 0.4) is 0 Å². The minimum Gasteiger partial charge on any atom is -0.465 e. The molecule has 0 radical (unpaired) electrons. The lowest BCUT2D eigenvalue weighted by atomic mass is 10.3. The third kappa shape index (κ3) is 5.07. The summed E-state index contributed by atoms with van der Waals surface area (Å²) < 4.78 is 30.9. The highest BCUT2D eigenvalue weighted by molar-refractivity contribution is 7.89. The summed E-state index contributed by atoms with van der Waals surface area (Å²) in [6, 6.07) is 1.29. The monoisotopic (exact) mass is 328 g/mol. The Hall–Kier alpha value is -0.670. The number of sulfonamides is 1. The lowest BCUT2D eigenvalue weighted by molar-refractivity contribution is 0.0602. The fourth-order valence-corrected chi connectivity index (χ4v) is 3.63. The number of nitrogens with one attached hydrogen (secondary N) is 1. The van der Waals surface area contributed by atoms with Gasteiger partial charge in [-0.25, -0.2) is 17.9 Å². The van der Waals surface area contributed by atoms with Crippen LogP contribution < -0.4 is 10.5 Å². The summed E-state index contributed by atoms with van der Waals surface area (Å²) >= 11 is 1.03. The number of methoxy groups -OCH3 is 1. The minimum atomic E-state index is -3.69. The van der Waals surface area contributed by atoms with Crippen molar-refractivity contribution in [1.29, 1.82) is 0 Å². The number of rotatable bonds is 6. The van der Waals surface area contributed by atoms with Crippen LogP contribution in [0.2, 0.25) is 0 Å². The summed E-state index contributed by atoms with van der Waals surface area (Å²) in [4.78, 5) is 11.4. The highest BCUT2D eigenvalue weighted by Crippen LogP contribution is 2.22. The van der Waals surface area contributed by atoms with Crippen LogP contribution in [0.4, 0.5) is 0 Å². The summed E-state index contributed by atoms with van der Waals surface area (Å²) in [6.07, 6.45) is 0.525. The van der Waals surface area contributed by atoms with E-state index in [0.717, 1.165) is 11.3 Å². The number of nitrogens with two attached hydrogens (primary N) is 1. The fraction of sp³-hybridized carbons (Fsp3) is 0.500. The van der Waals surface area contributed by atoms with Crippen molar-refractivity contribution in [1.82, 2.24) is 4.72 Å². The standard InChI is InChI=1S/C10H16N2O4S2.ClH/c1-7(11)3-5-12-18(14,15)8-4-6-17-9(8)10(13)16-2;/h4,6-7,12H,3,5,11H2,1-2H3;1H. The van der Waals surface area contributed by atoms with Gasteiger partial charge in [0.05, 0.1) is 7.11 Å². The predicted octanol–water partition coefficient (Wildman–Crippen LogP) is 0.972. The molecule has 1 atom stereocenters. The fourth-order valence-electron chi connectivity index (χ4n) is 1.25. The van der Waals surface area contributed by atoms with Crippen LogP contribution in [0.15, 0.2) is 16.3 Å². The largest absolute Gasteiger partial charge is 0.465 e. The topological polar surface area (TPSA) is 98.5 Å². The third-order valence-electron chi connectivity index (χ3n) is 2.18. The maximum absolute atomic E-state index is 12.0. The second kappa shape index (κ2) is 7.81. The number of carbonyl (C=O) groups excluding carboxylic acids is 1. The van der Waals surface area contributed by atoms with Gasteiger partial charge in [-0.1, -0.05) is 0 Å². The summed E-state index contributed by atoms with van der Waals surface area (Å²) in [6.45, 7) is 2.02. The smallest absolute Gasteiger partial charge is 0.349 e. The SMILES string of the molecule is COC(=O)c1sccc1S(=O)(=O)NCCC(C)N.Cl. The van der Waals surface area contributed by atoms with E-state index in [2.05, 4.69) is 9.46 Å². The number of hydrogen-bond donors (Lipinski definition) is 2. The van der Waals surface area contributed by atoms with E-state index in [9.17, 15) is 13.2 Å². The van der Waals surface area contributed by atoms with Gasteiger partial charge in [-0.3, -0.25) is 0 Å². The molecule has 6 nitrogen and oxygen atoms in total. The maximum Gasteiger partial charge on any atom is 0.349 e. The highest BCUT2D eigenvalue weighted by Gasteiger charge is 2.24. The van der Waals surface area contributed by atoms with E-state index in [1.807, 2.05) is 0 Å². The molecule has 9 heteroatoms. The van der Waals surface area contributed by atoms with Gasteiger partial charge < -0.3 is 10.5 Å². The Morgan fingerprint density at radius 1 is 1.58 bits per heavy atom. The van der Waals surface area contributed by atoms with Crippen LogP contribution >= 0.6 is 23.7 Å². The number of esters is 1. The Balaban J connectivity index is 0.00000324. The van der Waals surface area contributed by atoms with Gasteiger partial charge in [-0.15, -0.1) is 23.7 Å². The highest BCUT2D eigenvalue weighted by atomic mass is 35.5. The van der Waals surface area contributed by atoms with Crippen LogP contribution in [0.1, 0.15) is 23.0 Å². The molecule has 3 N–H and O–H groups in total. The zero-order valence-corrected chi connectivity index (χ0v) is 13.0. The Morgan fingerprint density at radius 3 is 2.74 bits per heavy atom. The molecule has 0 spiro atoms. The van der Waals surface area contributed by atoms with Gasteiger partial charge in [0.1, 0.15) is 9.77 Å². The summed E-state index contributed by atoms with van der Waals surface area (Å²) in [5.74, 6) is -0.655. The number of ether oxygens (including phenoxy) is 1.